The van der Waals surface area contributed by atoms with Crippen LogP contribution in [0.1, 0.15) is 37.2 Å². The molecule has 0 bridgehead atoms. The van der Waals surface area contributed by atoms with Gasteiger partial charge in [0.1, 0.15) is 6.34 Å². The van der Waals surface area contributed by atoms with Crippen molar-refractivity contribution in [2.24, 2.45) is 4.99 Å². The number of anilines is 1. The SMILES string of the molecule is CC1(c2cn(N3C=NC4c5ccccc5-n5c(cnc5Cl)N43)nn2)CC1. The summed E-state index contributed by atoms with van der Waals surface area (Å²) in [6.45, 7) is 2.22. The van der Waals surface area contributed by atoms with E-state index >= 15 is 0 Å². The van der Waals surface area contributed by atoms with Gasteiger partial charge < -0.3 is 0 Å². The lowest BCUT2D eigenvalue weighted by atomic mass is 10.1. The lowest BCUT2D eigenvalue weighted by Gasteiger charge is -2.36. The monoisotopic (exact) mass is 366 g/mol. The van der Waals surface area contributed by atoms with E-state index in [1.165, 1.54) is 0 Å². The third kappa shape index (κ3) is 1.74. The molecular formula is C17H15ClN8. The quantitative estimate of drug-likeness (QED) is 0.697. The van der Waals surface area contributed by atoms with E-state index in [1.807, 2.05) is 39.1 Å². The number of aromatic nitrogens is 5. The topological polar surface area (TPSA) is 67.4 Å². The number of imidazole rings is 1. The highest BCUT2D eigenvalue weighted by Crippen LogP contribution is 2.47. The molecule has 2 aromatic heterocycles. The van der Waals surface area contributed by atoms with Crippen LogP contribution < -0.4 is 10.1 Å². The summed E-state index contributed by atoms with van der Waals surface area (Å²) in [6, 6.07) is 8.09. The molecule has 9 heteroatoms. The minimum absolute atomic E-state index is 0.161. The Balaban J connectivity index is 1.49. The normalized spacial score (nSPS) is 21.5. The summed E-state index contributed by atoms with van der Waals surface area (Å²) in [5.74, 6) is 0.839. The highest BCUT2D eigenvalue weighted by molar-refractivity contribution is 6.29. The molecule has 1 fully saturated rings. The van der Waals surface area contributed by atoms with Crippen molar-refractivity contribution < 1.29 is 0 Å². The van der Waals surface area contributed by atoms with E-state index in [1.54, 1.807) is 17.3 Å². The number of aliphatic imine (C=N–C) groups is 1. The van der Waals surface area contributed by atoms with Gasteiger partial charge in [0.25, 0.3) is 0 Å². The van der Waals surface area contributed by atoms with Gasteiger partial charge in [-0.1, -0.05) is 25.1 Å². The fraction of sp³-hybridized carbons (Fsp3) is 0.294. The fourth-order valence-electron chi connectivity index (χ4n) is 3.64. The minimum atomic E-state index is -0.185. The summed E-state index contributed by atoms with van der Waals surface area (Å²) in [6.07, 6.45) is 7.63. The van der Waals surface area contributed by atoms with Crippen molar-refractivity contribution in [2.45, 2.75) is 31.3 Å². The van der Waals surface area contributed by atoms with Crippen molar-refractivity contribution in [2.75, 3.05) is 10.1 Å². The van der Waals surface area contributed by atoms with Gasteiger partial charge in [-0.2, -0.15) is 5.12 Å². The molecule has 0 saturated heterocycles. The molecule has 4 heterocycles. The lowest BCUT2D eigenvalue weighted by Crippen LogP contribution is -2.49. The molecular weight excluding hydrogens is 352 g/mol. The van der Waals surface area contributed by atoms with E-state index in [0.29, 0.717) is 5.28 Å². The molecule has 1 aromatic carbocycles. The molecule has 130 valence electrons. The lowest BCUT2D eigenvalue weighted by molar-refractivity contribution is 0.541. The van der Waals surface area contributed by atoms with Crippen molar-refractivity contribution in [3.63, 3.8) is 0 Å². The van der Waals surface area contributed by atoms with E-state index in [-0.39, 0.29) is 11.6 Å². The van der Waals surface area contributed by atoms with Crippen LogP contribution in [0.3, 0.4) is 0 Å². The van der Waals surface area contributed by atoms with Gasteiger partial charge in [0.2, 0.25) is 5.28 Å². The van der Waals surface area contributed by atoms with Crippen LogP contribution in [0.5, 0.6) is 0 Å². The predicted octanol–water partition coefficient (Wildman–Crippen LogP) is 2.58. The third-order valence-electron chi connectivity index (χ3n) is 5.46. The van der Waals surface area contributed by atoms with Crippen LogP contribution in [0.15, 0.2) is 41.7 Å². The number of hydrogen-bond acceptors (Lipinski definition) is 6. The fourth-order valence-corrected chi connectivity index (χ4v) is 3.86. The van der Waals surface area contributed by atoms with Gasteiger partial charge in [-0.3, -0.25) is 4.57 Å². The summed E-state index contributed by atoms with van der Waals surface area (Å²) in [7, 11) is 0. The second kappa shape index (κ2) is 4.64. The van der Waals surface area contributed by atoms with E-state index in [9.17, 15) is 0 Å². The standard InChI is InChI=1S/C17H15ClN8/c1-17(6-7-17)13-9-23(22-21-13)24-10-20-15-11-4-2-3-5-12(11)25-14(26(15)24)8-19-16(25)18/h2-5,8-10,15H,6-7H2,1H3. The zero-order chi connectivity index (χ0) is 17.5. The smallest absolute Gasteiger partial charge is 0.209 e. The van der Waals surface area contributed by atoms with Crippen molar-refractivity contribution in [3.8, 4) is 5.69 Å². The van der Waals surface area contributed by atoms with Crippen molar-refractivity contribution >= 4 is 23.8 Å². The number of fused-ring (bicyclic) bond motifs is 6. The molecule has 3 aliphatic rings. The van der Waals surface area contributed by atoms with Gasteiger partial charge in [-0.15, -0.1) is 9.89 Å². The number of halogens is 1. The van der Waals surface area contributed by atoms with Crippen LogP contribution in [0.4, 0.5) is 5.82 Å². The molecule has 6 rings (SSSR count). The highest BCUT2D eigenvalue weighted by Gasteiger charge is 2.43. The Morgan fingerprint density at radius 3 is 2.92 bits per heavy atom. The van der Waals surface area contributed by atoms with Crippen LogP contribution in [-0.4, -0.2) is 31.0 Å². The summed E-state index contributed by atoms with van der Waals surface area (Å²) >= 11 is 6.37. The third-order valence-corrected chi connectivity index (χ3v) is 5.73. The Morgan fingerprint density at radius 2 is 2.08 bits per heavy atom. The number of para-hydroxylation sites is 1. The van der Waals surface area contributed by atoms with Crippen LogP contribution in [-0.2, 0) is 5.41 Å². The Hall–Kier alpha value is -2.87. The van der Waals surface area contributed by atoms with E-state index in [0.717, 1.165) is 35.6 Å². The molecule has 1 unspecified atom stereocenters. The van der Waals surface area contributed by atoms with Crippen molar-refractivity contribution in [3.05, 3.63) is 53.2 Å². The first-order chi connectivity index (χ1) is 12.7. The number of hydrazine groups is 1. The zero-order valence-electron chi connectivity index (χ0n) is 14.0. The molecule has 0 spiro atoms. The highest BCUT2D eigenvalue weighted by atomic mass is 35.5. The maximum atomic E-state index is 6.37. The van der Waals surface area contributed by atoms with Gasteiger partial charge >= 0.3 is 0 Å². The number of rotatable bonds is 2. The summed E-state index contributed by atoms with van der Waals surface area (Å²) in [4.78, 5) is 10.7. The van der Waals surface area contributed by atoms with Crippen LogP contribution in [0, 0.1) is 0 Å². The molecule has 1 saturated carbocycles. The van der Waals surface area contributed by atoms with Crippen molar-refractivity contribution in [1.29, 1.82) is 0 Å². The zero-order valence-corrected chi connectivity index (χ0v) is 14.7. The van der Waals surface area contributed by atoms with Crippen LogP contribution in [0.25, 0.3) is 5.69 Å². The van der Waals surface area contributed by atoms with E-state index in [4.69, 9.17) is 16.6 Å². The van der Waals surface area contributed by atoms with Crippen molar-refractivity contribution in [1.82, 2.24) is 24.7 Å². The first-order valence-corrected chi connectivity index (χ1v) is 8.91. The molecule has 3 aromatic rings. The summed E-state index contributed by atoms with van der Waals surface area (Å²) in [5.41, 5.74) is 3.23. The van der Waals surface area contributed by atoms with Crippen LogP contribution in [0.2, 0.25) is 5.28 Å². The molecule has 0 radical (unpaired) electrons. The maximum Gasteiger partial charge on any atom is 0.209 e. The Morgan fingerprint density at radius 1 is 1.23 bits per heavy atom. The molecule has 2 aliphatic heterocycles. The second-order valence-electron chi connectivity index (χ2n) is 7.17. The van der Waals surface area contributed by atoms with E-state index in [2.05, 4.69) is 28.3 Å². The molecule has 26 heavy (non-hydrogen) atoms. The minimum Gasteiger partial charge on any atom is -0.268 e. The number of nitrogens with zero attached hydrogens (tertiary/aromatic N) is 8. The van der Waals surface area contributed by atoms with E-state index < -0.39 is 0 Å². The Kier molecular flexibility index (Phi) is 2.56. The average molecular weight is 367 g/mol. The number of benzene rings is 1. The van der Waals surface area contributed by atoms with Gasteiger partial charge in [-0.25, -0.2) is 15.0 Å². The first-order valence-electron chi connectivity index (χ1n) is 8.53. The average Bonchev–Trinajstić information content (AvgIpc) is 3.06. The van der Waals surface area contributed by atoms with Gasteiger partial charge in [0.15, 0.2) is 12.0 Å². The maximum absolute atomic E-state index is 6.37. The summed E-state index contributed by atoms with van der Waals surface area (Å²) in [5, 5.41) is 13.0. The molecule has 1 atom stereocenters. The molecule has 8 nitrogen and oxygen atoms in total. The van der Waals surface area contributed by atoms with Crippen LogP contribution >= 0.6 is 11.6 Å². The molecule has 1 aliphatic carbocycles. The second-order valence-corrected chi connectivity index (χ2v) is 7.51. The molecule has 0 amide bonds. The molecule has 0 N–H and O–H groups in total. The van der Waals surface area contributed by atoms with Gasteiger partial charge in [-0.05, 0) is 35.7 Å². The Bertz CT molecular complexity index is 1060. The van der Waals surface area contributed by atoms with Gasteiger partial charge in [0, 0.05) is 11.0 Å². The first kappa shape index (κ1) is 14.3. The summed E-state index contributed by atoms with van der Waals surface area (Å²) < 4.78 is 1.93. The predicted molar refractivity (Wildman–Crippen MR) is 97.1 cm³/mol. The number of hydrogen-bond donors (Lipinski definition) is 0. The Labute approximate surface area is 154 Å². The largest absolute Gasteiger partial charge is 0.268 e. The van der Waals surface area contributed by atoms with Gasteiger partial charge in [0.05, 0.1) is 23.8 Å².